The molecule has 1 amide bonds. The van der Waals surface area contributed by atoms with Crippen molar-refractivity contribution in [2.24, 2.45) is 0 Å². The number of carbonyl (C=O) groups excluding carboxylic acids is 2. The molecule has 1 aromatic carbocycles. The number of aromatic nitrogens is 1. The van der Waals surface area contributed by atoms with Crippen LogP contribution in [0.15, 0.2) is 41.3 Å². The van der Waals surface area contributed by atoms with Crippen LogP contribution in [0.5, 0.6) is 0 Å². The molecule has 7 heteroatoms. The highest BCUT2D eigenvalue weighted by atomic mass is 32.2. The third-order valence-corrected chi connectivity index (χ3v) is 5.31. The highest BCUT2D eigenvalue weighted by molar-refractivity contribution is 8.26. The molecule has 1 aliphatic rings. The second-order valence-corrected chi connectivity index (χ2v) is 7.31. The van der Waals surface area contributed by atoms with Gasteiger partial charge in [-0.15, -0.1) is 0 Å². The van der Waals surface area contributed by atoms with Crippen LogP contribution in [0, 0.1) is 13.8 Å². The number of rotatable bonds is 4. The Kier molecular flexibility index (Phi) is 4.78. The van der Waals surface area contributed by atoms with Crippen molar-refractivity contribution in [3.63, 3.8) is 0 Å². The summed E-state index contributed by atoms with van der Waals surface area (Å²) in [7, 11) is 0. The lowest BCUT2D eigenvalue weighted by Gasteiger charge is -2.14. The van der Waals surface area contributed by atoms with E-state index < -0.39 is 18.4 Å². The van der Waals surface area contributed by atoms with Gasteiger partial charge in [-0.2, -0.15) is 0 Å². The number of amides is 1. The largest absolute Gasteiger partial charge is 0.548 e. The Hall–Kier alpha value is -2.38. The van der Waals surface area contributed by atoms with E-state index in [2.05, 4.69) is 4.57 Å². The smallest absolute Gasteiger partial charge is 0.266 e. The molecule has 0 bridgehead atoms. The van der Waals surface area contributed by atoms with Gasteiger partial charge >= 0.3 is 0 Å². The van der Waals surface area contributed by atoms with Crippen LogP contribution in [0.4, 0.5) is 0 Å². The van der Waals surface area contributed by atoms with Crippen LogP contribution in [0.1, 0.15) is 17.0 Å². The molecule has 1 aliphatic heterocycles. The van der Waals surface area contributed by atoms with Crippen molar-refractivity contribution >= 4 is 46.3 Å². The maximum absolute atomic E-state index is 12.4. The van der Waals surface area contributed by atoms with Crippen LogP contribution in [-0.2, 0) is 9.59 Å². The summed E-state index contributed by atoms with van der Waals surface area (Å²) in [6.45, 7) is 3.46. The zero-order valence-corrected chi connectivity index (χ0v) is 15.3. The molecule has 1 fully saturated rings. The molecule has 5 nitrogen and oxygen atoms in total. The van der Waals surface area contributed by atoms with Crippen LogP contribution in [0.2, 0.25) is 0 Å². The second-order valence-electron chi connectivity index (χ2n) is 5.64. The van der Waals surface area contributed by atoms with Crippen molar-refractivity contribution in [3.8, 4) is 5.69 Å². The molecule has 0 saturated carbocycles. The van der Waals surface area contributed by atoms with E-state index >= 15 is 0 Å². The minimum atomic E-state index is -1.33. The number of carbonyl (C=O) groups is 2. The van der Waals surface area contributed by atoms with Crippen molar-refractivity contribution in [1.29, 1.82) is 0 Å². The molecule has 0 radical (unpaired) electrons. The molecule has 0 spiro atoms. The van der Waals surface area contributed by atoms with E-state index in [1.807, 2.05) is 50.2 Å². The lowest BCUT2D eigenvalue weighted by molar-refractivity contribution is -0.305. The molecular weight excluding hydrogens is 356 g/mol. The van der Waals surface area contributed by atoms with E-state index in [-0.39, 0.29) is 4.32 Å². The van der Waals surface area contributed by atoms with Gasteiger partial charge in [0.2, 0.25) is 0 Å². The van der Waals surface area contributed by atoms with Crippen LogP contribution in [0.3, 0.4) is 0 Å². The molecule has 1 saturated heterocycles. The Morgan fingerprint density at radius 1 is 1.28 bits per heavy atom. The fraction of sp³-hybridized carbons (Fsp3) is 0.167. The van der Waals surface area contributed by atoms with Gasteiger partial charge in [0.05, 0.1) is 17.4 Å². The van der Waals surface area contributed by atoms with E-state index in [9.17, 15) is 14.7 Å². The summed E-state index contributed by atoms with van der Waals surface area (Å²) in [4.78, 5) is 24.6. The molecule has 0 unspecified atom stereocenters. The number of thioether (sulfide) groups is 1. The first-order chi connectivity index (χ1) is 11.9. The highest BCUT2D eigenvalue weighted by Crippen LogP contribution is 2.33. The maximum Gasteiger partial charge on any atom is 0.266 e. The second kappa shape index (κ2) is 6.85. The van der Waals surface area contributed by atoms with Crippen molar-refractivity contribution in [2.45, 2.75) is 13.8 Å². The van der Waals surface area contributed by atoms with Crippen molar-refractivity contribution in [3.05, 3.63) is 58.3 Å². The molecular formula is C18H15N2O3S2-. The van der Waals surface area contributed by atoms with E-state index in [0.717, 1.165) is 39.3 Å². The monoisotopic (exact) mass is 371 g/mol. The van der Waals surface area contributed by atoms with Crippen molar-refractivity contribution < 1.29 is 14.7 Å². The zero-order valence-electron chi connectivity index (χ0n) is 13.7. The number of aliphatic carboxylic acids is 1. The van der Waals surface area contributed by atoms with Gasteiger partial charge in [0.1, 0.15) is 4.32 Å². The van der Waals surface area contributed by atoms with Gasteiger partial charge in [0.15, 0.2) is 0 Å². The van der Waals surface area contributed by atoms with Crippen LogP contribution >= 0.6 is 24.0 Å². The number of carboxylic acids is 1. The predicted octanol–water partition coefficient (Wildman–Crippen LogP) is 2.05. The van der Waals surface area contributed by atoms with Crippen LogP contribution < -0.4 is 5.11 Å². The van der Waals surface area contributed by atoms with Gasteiger partial charge in [-0.25, -0.2) is 0 Å². The molecule has 0 N–H and O–H groups in total. The average molecular weight is 371 g/mol. The maximum atomic E-state index is 12.4. The number of nitrogens with zero attached hydrogens (tertiary/aromatic N) is 2. The third kappa shape index (κ3) is 3.38. The standard InChI is InChI=1S/C18H16N2O3S2/c1-11-8-13(12(2)20(11)14-6-4-3-5-7-14)9-15-17(23)19(10-16(21)22)18(24)25-15/h3-9H,10H2,1-2H3,(H,21,22)/p-1/b15-9+. The summed E-state index contributed by atoms with van der Waals surface area (Å²) >= 11 is 6.21. The quantitative estimate of drug-likeness (QED) is 0.608. The highest BCUT2D eigenvalue weighted by Gasteiger charge is 2.32. The number of para-hydroxylation sites is 1. The molecule has 1 aromatic heterocycles. The summed E-state index contributed by atoms with van der Waals surface area (Å²) < 4.78 is 2.34. The molecule has 2 aromatic rings. The molecule has 3 rings (SSSR count). The fourth-order valence-electron chi connectivity index (χ4n) is 2.81. The minimum absolute atomic E-state index is 0.234. The Balaban J connectivity index is 1.97. The predicted molar refractivity (Wildman–Crippen MR) is 100 cm³/mol. The minimum Gasteiger partial charge on any atom is -0.548 e. The van der Waals surface area contributed by atoms with Crippen LogP contribution in [0.25, 0.3) is 11.8 Å². The van der Waals surface area contributed by atoms with Gasteiger partial charge in [-0.3, -0.25) is 9.69 Å². The van der Waals surface area contributed by atoms with Gasteiger partial charge in [0, 0.05) is 17.1 Å². The molecule has 0 aliphatic carbocycles. The molecule has 2 heterocycles. The molecule has 128 valence electrons. The fourth-order valence-corrected chi connectivity index (χ4v) is 4.06. The number of carboxylic acid groups (broad SMARTS) is 1. The number of hydrogen-bond acceptors (Lipinski definition) is 5. The number of thiocarbonyl (C=S) groups is 1. The summed E-state index contributed by atoms with van der Waals surface area (Å²) in [5.74, 6) is -1.73. The van der Waals surface area contributed by atoms with Crippen molar-refractivity contribution in [2.75, 3.05) is 6.54 Å². The Morgan fingerprint density at radius 2 is 1.96 bits per heavy atom. The zero-order chi connectivity index (χ0) is 18.1. The summed E-state index contributed by atoms with van der Waals surface area (Å²) in [6, 6.07) is 11.9. The Labute approximate surface area is 154 Å². The Morgan fingerprint density at radius 3 is 2.60 bits per heavy atom. The summed E-state index contributed by atoms with van der Waals surface area (Å²) in [6.07, 6.45) is 1.76. The normalized spacial score (nSPS) is 16.1. The lowest BCUT2D eigenvalue weighted by Crippen LogP contribution is -2.40. The Bertz CT molecular complexity index is 901. The summed E-state index contributed by atoms with van der Waals surface area (Å²) in [5, 5.41) is 10.8. The van der Waals surface area contributed by atoms with Gasteiger partial charge in [-0.1, -0.05) is 42.2 Å². The van der Waals surface area contributed by atoms with E-state index in [0.29, 0.717) is 4.91 Å². The topological polar surface area (TPSA) is 65.4 Å². The first-order valence-electron chi connectivity index (χ1n) is 7.58. The van der Waals surface area contributed by atoms with Crippen molar-refractivity contribution in [1.82, 2.24) is 9.47 Å². The number of benzene rings is 1. The average Bonchev–Trinajstić information content (AvgIpc) is 2.99. The molecule has 0 atom stereocenters. The van der Waals surface area contributed by atoms with Crippen LogP contribution in [-0.4, -0.2) is 32.2 Å². The SMILES string of the molecule is Cc1cc(/C=C2/SC(=S)N(CC(=O)[O-])C2=O)c(C)n1-c1ccccc1. The lowest BCUT2D eigenvalue weighted by atomic mass is 10.2. The van der Waals surface area contributed by atoms with Gasteiger partial charge in [-0.05, 0) is 43.7 Å². The number of aryl methyl sites for hydroxylation is 1. The molecule has 25 heavy (non-hydrogen) atoms. The van der Waals surface area contributed by atoms with E-state index in [1.165, 1.54) is 0 Å². The van der Waals surface area contributed by atoms with E-state index in [4.69, 9.17) is 12.2 Å². The van der Waals surface area contributed by atoms with Gasteiger partial charge in [0.25, 0.3) is 5.91 Å². The first kappa shape index (κ1) is 17.4. The summed E-state index contributed by atoms with van der Waals surface area (Å²) in [5.41, 5.74) is 3.98. The van der Waals surface area contributed by atoms with Gasteiger partial charge < -0.3 is 14.5 Å². The number of hydrogen-bond donors (Lipinski definition) is 0. The van der Waals surface area contributed by atoms with E-state index in [1.54, 1.807) is 6.08 Å². The third-order valence-electron chi connectivity index (χ3n) is 3.93. The first-order valence-corrected chi connectivity index (χ1v) is 8.80.